The molecule has 1 nitrogen and oxygen atoms in total. The van der Waals surface area contributed by atoms with E-state index in [4.69, 9.17) is 4.99 Å². The molecular weight excluding hydrogens is 278 g/mol. The van der Waals surface area contributed by atoms with Crippen molar-refractivity contribution in [1.82, 2.24) is 0 Å². The first-order chi connectivity index (χ1) is 10.8. The molecule has 0 fully saturated rings. The Morgan fingerprint density at radius 3 is 2.39 bits per heavy atom. The molecule has 0 spiro atoms. The van der Waals surface area contributed by atoms with Crippen LogP contribution in [0.15, 0.2) is 58.6 Å². The molecule has 1 aliphatic carbocycles. The summed E-state index contributed by atoms with van der Waals surface area (Å²) in [5.41, 5.74) is 6.75. The highest BCUT2D eigenvalue weighted by Crippen LogP contribution is 2.36. The van der Waals surface area contributed by atoms with Gasteiger partial charge in [-0.3, -0.25) is 4.99 Å². The minimum atomic E-state index is -0.0680. The van der Waals surface area contributed by atoms with Crippen molar-refractivity contribution in [3.05, 3.63) is 64.7 Å². The van der Waals surface area contributed by atoms with Gasteiger partial charge in [-0.25, -0.2) is 0 Å². The van der Waals surface area contributed by atoms with Crippen molar-refractivity contribution in [3.63, 3.8) is 0 Å². The molecule has 23 heavy (non-hydrogen) atoms. The summed E-state index contributed by atoms with van der Waals surface area (Å²) in [6.07, 6.45) is 5.42. The molecule has 0 bridgehead atoms. The van der Waals surface area contributed by atoms with E-state index in [0.717, 1.165) is 6.42 Å². The molecule has 0 aromatic heterocycles. The number of nitrogens with zero attached hydrogens (tertiary/aromatic N) is 1. The number of rotatable bonds is 2. The summed E-state index contributed by atoms with van der Waals surface area (Å²) in [4.78, 5) is 4.79. The van der Waals surface area contributed by atoms with Crippen LogP contribution in [-0.2, 0) is 0 Å². The summed E-state index contributed by atoms with van der Waals surface area (Å²) in [5.74, 6) is 0. The number of hydrogen-bond donors (Lipinski definition) is 0. The van der Waals surface area contributed by atoms with Crippen molar-refractivity contribution in [2.45, 2.75) is 46.6 Å². The fourth-order valence-electron chi connectivity index (χ4n) is 3.19. The number of fused-ring (bicyclic) bond motifs is 1. The van der Waals surface area contributed by atoms with Crippen molar-refractivity contribution >= 4 is 22.6 Å². The van der Waals surface area contributed by atoms with Gasteiger partial charge in [0.1, 0.15) is 0 Å². The Kier molecular flexibility index (Phi) is 3.97. The van der Waals surface area contributed by atoms with Gasteiger partial charge in [-0.15, -0.1) is 0 Å². The highest BCUT2D eigenvalue weighted by molar-refractivity contribution is 6.05. The van der Waals surface area contributed by atoms with Crippen LogP contribution in [0, 0.1) is 0 Å². The molecule has 1 aliphatic rings. The Labute approximate surface area is 139 Å². The maximum Gasteiger partial charge on any atom is 0.0524 e. The van der Waals surface area contributed by atoms with Gasteiger partial charge in [0.2, 0.25) is 0 Å². The Balaban J connectivity index is 2.22. The monoisotopic (exact) mass is 303 g/mol. The molecule has 0 saturated carbocycles. The molecule has 0 unspecified atom stereocenters. The maximum absolute atomic E-state index is 4.79. The second-order valence-corrected chi connectivity index (χ2v) is 7.51. The minimum absolute atomic E-state index is 0.0680. The molecule has 0 N–H and O–H groups in total. The van der Waals surface area contributed by atoms with Crippen LogP contribution in [0.25, 0.3) is 16.3 Å². The van der Waals surface area contributed by atoms with Crippen LogP contribution in [0.3, 0.4) is 0 Å². The summed E-state index contributed by atoms with van der Waals surface area (Å²) in [6, 6.07) is 13.1. The van der Waals surface area contributed by atoms with E-state index in [-0.39, 0.29) is 5.54 Å². The molecule has 3 rings (SSSR count). The zero-order valence-electron chi connectivity index (χ0n) is 14.8. The first kappa shape index (κ1) is 15.7. The largest absolute Gasteiger partial charge is 0.287 e. The zero-order valence-corrected chi connectivity index (χ0v) is 14.8. The summed E-state index contributed by atoms with van der Waals surface area (Å²) in [5, 5.41) is 2.55. The Morgan fingerprint density at radius 2 is 1.74 bits per heavy atom. The Morgan fingerprint density at radius 1 is 1.00 bits per heavy atom. The van der Waals surface area contributed by atoms with E-state index < -0.39 is 0 Å². The van der Waals surface area contributed by atoms with E-state index in [1.54, 1.807) is 0 Å². The number of aliphatic imine (C=N–C) groups is 1. The van der Waals surface area contributed by atoms with Gasteiger partial charge in [-0.2, -0.15) is 0 Å². The fourth-order valence-corrected chi connectivity index (χ4v) is 3.19. The topological polar surface area (TPSA) is 12.4 Å². The first-order valence-electron chi connectivity index (χ1n) is 8.29. The third-order valence-electron chi connectivity index (χ3n) is 4.27. The average Bonchev–Trinajstić information content (AvgIpc) is 2.82. The lowest BCUT2D eigenvalue weighted by molar-refractivity contribution is 0.587. The zero-order chi connectivity index (χ0) is 16.6. The smallest absolute Gasteiger partial charge is 0.0524 e. The van der Waals surface area contributed by atoms with Gasteiger partial charge in [0.05, 0.1) is 5.54 Å². The van der Waals surface area contributed by atoms with Gasteiger partial charge < -0.3 is 0 Å². The molecule has 2 aromatic carbocycles. The van der Waals surface area contributed by atoms with Crippen LogP contribution in [0.4, 0.5) is 0 Å². The van der Waals surface area contributed by atoms with Gasteiger partial charge >= 0.3 is 0 Å². The molecule has 1 heteroatoms. The maximum atomic E-state index is 4.79. The van der Waals surface area contributed by atoms with Crippen LogP contribution < -0.4 is 0 Å². The van der Waals surface area contributed by atoms with Crippen LogP contribution in [0.1, 0.15) is 52.2 Å². The van der Waals surface area contributed by atoms with Crippen molar-refractivity contribution in [1.29, 1.82) is 0 Å². The van der Waals surface area contributed by atoms with E-state index >= 15 is 0 Å². The van der Waals surface area contributed by atoms with Crippen LogP contribution in [0.5, 0.6) is 0 Å². The molecule has 2 aromatic rings. The van der Waals surface area contributed by atoms with Crippen molar-refractivity contribution in [2.75, 3.05) is 0 Å². The lowest BCUT2D eigenvalue weighted by Gasteiger charge is -2.15. The predicted octanol–water partition coefficient (Wildman–Crippen LogP) is 6.18. The Bertz CT molecular complexity index is 842. The van der Waals surface area contributed by atoms with Crippen molar-refractivity contribution in [2.24, 2.45) is 4.99 Å². The third kappa shape index (κ3) is 3.29. The molecule has 118 valence electrons. The molecule has 0 amide bonds. The van der Waals surface area contributed by atoms with E-state index in [2.05, 4.69) is 83.3 Å². The fraction of sp³-hybridized carbons (Fsp3) is 0.318. The normalized spacial score (nSPS) is 15.8. The van der Waals surface area contributed by atoms with E-state index in [1.807, 2.05) is 0 Å². The molecule has 0 aliphatic heterocycles. The van der Waals surface area contributed by atoms with Gasteiger partial charge in [0.15, 0.2) is 0 Å². The molecule has 0 saturated heterocycles. The molecule has 0 radical (unpaired) electrons. The van der Waals surface area contributed by atoms with E-state index in [9.17, 15) is 0 Å². The van der Waals surface area contributed by atoms with Crippen LogP contribution in [0.2, 0.25) is 0 Å². The highest BCUT2D eigenvalue weighted by atomic mass is 14.8. The minimum Gasteiger partial charge on any atom is -0.287 e. The average molecular weight is 303 g/mol. The van der Waals surface area contributed by atoms with Crippen molar-refractivity contribution in [3.8, 4) is 0 Å². The summed E-state index contributed by atoms with van der Waals surface area (Å²) in [6.45, 7) is 10.8. The van der Waals surface area contributed by atoms with Crippen molar-refractivity contribution < 1.29 is 0 Å². The van der Waals surface area contributed by atoms with Gasteiger partial charge in [-0.1, -0.05) is 48.0 Å². The van der Waals surface area contributed by atoms with Crippen LogP contribution >= 0.6 is 0 Å². The standard InChI is InChI=1S/C22H25N/c1-15-12-16(2)20(13-15)19-11-10-17-8-6-7-9-18(17)21(19)14-23-22(3,4)5/h6-12,14H,13H2,1-5H3. The summed E-state index contributed by atoms with van der Waals surface area (Å²) in [7, 11) is 0. The van der Waals surface area contributed by atoms with Gasteiger partial charge in [0.25, 0.3) is 0 Å². The number of hydrogen-bond acceptors (Lipinski definition) is 1. The van der Waals surface area contributed by atoms with Gasteiger partial charge in [0, 0.05) is 11.8 Å². The number of benzene rings is 2. The third-order valence-corrected chi connectivity index (χ3v) is 4.27. The first-order valence-corrected chi connectivity index (χ1v) is 8.29. The number of allylic oxidation sites excluding steroid dienone is 4. The van der Waals surface area contributed by atoms with E-state index in [1.165, 1.54) is 38.6 Å². The Hall–Kier alpha value is -2.15. The lowest BCUT2D eigenvalue weighted by Crippen LogP contribution is -2.10. The lowest BCUT2D eigenvalue weighted by atomic mass is 9.92. The highest BCUT2D eigenvalue weighted by Gasteiger charge is 2.17. The second-order valence-electron chi connectivity index (χ2n) is 7.51. The summed E-state index contributed by atoms with van der Waals surface area (Å²) < 4.78 is 0. The molecular formula is C22H25N. The summed E-state index contributed by atoms with van der Waals surface area (Å²) >= 11 is 0. The second kappa shape index (κ2) is 5.81. The molecule has 0 atom stereocenters. The predicted molar refractivity (Wildman–Crippen MR) is 102 cm³/mol. The van der Waals surface area contributed by atoms with Crippen LogP contribution in [-0.4, -0.2) is 11.8 Å². The van der Waals surface area contributed by atoms with Gasteiger partial charge in [-0.05, 0) is 68.5 Å². The SMILES string of the molecule is CC1=CC(C)=C(c2ccc3ccccc3c2C=NC(C)(C)C)C1. The quantitative estimate of drug-likeness (QED) is 0.587. The molecule has 0 heterocycles. The van der Waals surface area contributed by atoms with E-state index in [0.29, 0.717) is 0 Å².